The maximum atomic E-state index is 12.7. The molecule has 0 aliphatic heterocycles. The number of aryl methyl sites for hydroxylation is 1. The molecule has 0 fully saturated rings. The maximum absolute atomic E-state index is 12.7. The first-order valence-corrected chi connectivity index (χ1v) is 4.04. The second kappa shape index (κ2) is 3.63. The number of hydrogen-bond donors (Lipinski definition) is 1. The zero-order valence-corrected chi connectivity index (χ0v) is 7.62. The van der Waals surface area contributed by atoms with E-state index in [0.717, 1.165) is 11.1 Å². The van der Waals surface area contributed by atoms with Crippen molar-refractivity contribution in [3.63, 3.8) is 0 Å². The van der Waals surface area contributed by atoms with Gasteiger partial charge in [0.2, 0.25) is 0 Å². The first-order valence-electron chi connectivity index (χ1n) is 3.63. The van der Waals surface area contributed by atoms with Gasteiger partial charge in [-0.25, -0.2) is 4.39 Å². The number of halogens is 1. The molecule has 1 aromatic rings. The monoisotopic (exact) mass is 183 g/mol. The highest BCUT2D eigenvalue weighted by molar-refractivity contribution is 7.80. The molecule has 0 unspecified atom stereocenters. The van der Waals surface area contributed by atoms with Crippen LogP contribution in [0.3, 0.4) is 0 Å². The molecule has 0 aliphatic rings. The predicted octanol–water partition coefficient (Wildman–Crippen LogP) is 1.96. The Balaban J connectivity index is 2.97. The lowest BCUT2D eigenvalue weighted by molar-refractivity contribution is 0.625. The van der Waals surface area contributed by atoms with Crippen LogP contribution in [0.4, 0.5) is 4.39 Å². The summed E-state index contributed by atoms with van der Waals surface area (Å²) in [6.07, 6.45) is 0.471. The fourth-order valence-electron chi connectivity index (χ4n) is 1.02. The Morgan fingerprint density at radius 3 is 2.83 bits per heavy atom. The van der Waals surface area contributed by atoms with E-state index in [1.54, 1.807) is 6.07 Å². The van der Waals surface area contributed by atoms with Gasteiger partial charge >= 0.3 is 0 Å². The molecular weight excluding hydrogens is 173 g/mol. The highest BCUT2D eigenvalue weighted by atomic mass is 32.1. The van der Waals surface area contributed by atoms with Gasteiger partial charge < -0.3 is 5.73 Å². The average Bonchev–Trinajstić information content (AvgIpc) is 1.96. The molecule has 0 amide bonds. The van der Waals surface area contributed by atoms with Crippen LogP contribution >= 0.6 is 12.2 Å². The molecule has 1 nitrogen and oxygen atoms in total. The van der Waals surface area contributed by atoms with Crippen molar-refractivity contribution >= 4 is 17.2 Å². The molecule has 0 saturated heterocycles. The van der Waals surface area contributed by atoms with Gasteiger partial charge in [0.05, 0.1) is 4.99 Å². The second-order valence-electron chi connectivity index (χ2n) is 2.71. The summed E-state index contributed by atoms with van der Waals surface area (Å²) < 4.78 is 12.7. The Morgan fingerprint density at radius 2 is 2.25 bits per heavy atom. The van der Waals surface area contributed by atoms with Gasteiger partial charge in [-0.05, 0) is 30.2 Å². The van der Waals surface area contributed by atoms with E-state index >= 15 is 0 Å². The summed E-state index contributed by atoms with van der Waals surface area (Å²) in [5.74, 6) is -0.244. The molecule has 3 heteroatoms. The van der Waals surface area contributed by atoms with Crippen LogP contribution in [-0.2, 0) is 6.42 Å². The lowest BCUT2D eigenvalue weighted by Gasteiger charge is -2.03. The van der Waals surface area contributed by atoms with Crippen LogP contribution in [0.1, 0.15) is 11.1 Å². The summed E-state index contributed by atoms with van der Waals surface area (Å²) in [5, 5.41) is 0. The van der Waals surface area contributed by atoms with Crippen molar-refractivity contribution < 1.29 is 4.39 Å². The van der Waals surface area contributed by atoms with E-state index in [-0.39, 0.29) is 5.82 Å². The van der Waals surface area contributed by atoms with Gasteiger partial charge in [0.25, 0.3) is 0 Å². The zero-order chi connectivity index (χ0) is 9.14. The van der Waals surface area contributed by atoms with Crippen molar-refractivity contribution in [1.29, 1.82) is 0 Å². The molecule has 0 spiro atoms. The van der Waals surface area contributed by atoms with Gasteiger partial charge in [-0.3, -0.25) is 0 Å². The van der Waals surface area contributed by atoms with Crippen LogP contribution in [0.2, 0.25) is 0 Å². The molecule has 0 saturated carbocycles. The van der Waals surface area contributed by atoms with Gasteiger partial charge in [0.15, 0.2) is 0 Å². The SMILES string of the molecule is Cc1ccc(F)cc1CC(N)=S. The van der Waals surface area contributed by atoms with Crippen molar-refractivity contribution in [2.75, 3.05) is 0 Å². The van der Waals surface area contributed by atoms with Crippen molar-refractivity contribution in [2.24, 2.45) is 5.73 Å². The smallest absolute Gasteiger partial charge is 0.123 e. The van der Waals surface area contributed by atoms with E-state index in [1.807, 2.05) is 6.92 Å². The second-order valence-corrected chi connectivity index (χ2v) is 3.24. The largest absolute Gasteiger partial charge is 0.393 e. The number of rotatable bonds is 2. The van der Waals surface area contributed by atoms with E-state index in [0.29, 0.717) is 11.4 Å². The quantitative estimate of drug-likeness (QED) is 0.709. The van der Waals surface area contributed by atoms with Gasteiger partial charge in [0.1, 0.15) is 5.82 Å². The summed E-state index contributed by atoms with van der Waals surface area (Å²) in [7, 11) is 0. The lowest BCUT2D eigenvalue weighted by atomic mass is 10.1. The molecule has 0 aromatic heterocycles. The Bertz CT molecular complexity index is 309. The summed E-state index contributed by atoms with van der Waals surface area (Å²) in [6.45, 7) is 1.91. The zero-order valence-electron chi connectivity index (χ0n) is 6.80. The Hall–Kier alpha value is -0.960. The van der Waals surface area contributed by atoms with Gasteiger partial charge in [-0.15, -0.1) is 0 Å². The highest BCUT2D eigenvalue weighted by Crippen LogP contribution is 2.10. The molecule has 1 aromatic carbocycles. The van der Waals surface area contributed by atoms with Crippen LogP contribution in [-0.4, -0.2) is 4.99 Å². The van der Waals surface area contributed by atoms with E-state index in [9.17, 15) is 4.39 Å². The van der Waals surface area contributed by atoms with Crippen LogP contribution in [0, 0.1) is 12.7 Å². The molecule has 1 rings (SSSR count). The minimum atomic E-state index is -0.244. The third kappa shape index (κ3) is 2.27. The molecule has 2 N–H and O–H groups in total. The molecule has 0 atom stereocenters. The highest BCUT2D eigenvalue weighted by Gasteiger charge is 2.00. The van der Waals surface area contributed by atoms with Gasteiger partial charge in [-0.2, -0.15) is 0 Å². The fourth-order valence-corrected chi connectivity index (χ4v) is 1.17. The number of thiocarbonyl (C=S) groups is 1. The summed E-state index contributed by atoms with van der Waals surface area (Å²) >= 11 is 4.74. The fraction of sp³-hybridized carbons (Fsp3) is 0.222. The van der Waals surface area contributed by atoms with E-state index in [4.69, 9.17) is 18.0 Å². The molecular formula is C9H10FNS. The molecule has 12 heavy (non-hydrogen) atoms. The van der Waals surface area contributed by atoms with Crippen molar-refractivity contribution in [2.45, 2.75) is 13.3 Å². The number of nitrogens with two attached hydrogens (primary N) is 1. The molecule has 64 valence electrons. The van der Waals surface area contributed by atoms with Crippen LogP contribution in [0.15, 0.2) is 18.2 Å². The van der Waals surface area contributed by atoms with Crippen molar-refractivity contribution in [3.8, 4) is 0 Å². The summed E-state index contributed by atoms with van der Waals surface area (Å²) in [4.78, 5) is 0.392. The first kappa shape index (κ1) is 9.13. The Kier molecular flexibility index (Phi) is 2.76. The Morgan fingerprint density at radius 1 is 1.58 bits per heavy atom. The third-order valence-corrected chi connectivity index (χ3v) is 1.82. The standard InChI is InChI=1S/C9H10FNS/c1-6-2-3-8(10)4-7(6)5-9(11)12/h2-4H,5H2,1H3,(H2,11,12). The number of benzene rings is 1. The normalized spacial score (nSPS) is 9.83. The molecule has 0 radical (unpaired) electrons. The van der Waals surface area contributed by atoms with Crippen molar-refractivity contribution in [1.82, 2.24) is 0 Å². The van der Waals surface area contributed by atoms with Crippen LogP contribution < -0.4 is 5.73 Å². The predicted molar refractivity (Wildman–Crippen MR) is 51.6 cm³/mol. The lowest BCUT2D eigenvalue weighted by Crippen LogP contribution is -2.12. The molecule has 0 bridgehead atoms. The summed E-state index contributed by atoms with van der Waals surface area (Å²) in [5.41, 5.74) is 7.23. The number of hydrogen-bond acceptors (Lipinski definition) is 1. The van der Waals surface area contributed by atoms with Gasteiger partial charge in [-0.1, -0.05) is 18.3 Å². The maximum Gasteiger partial charge on any atom is 0.123 e. The third-order valence-electron chi connectivity index (χ3n) is 1.68. The van der Waals surface area contributed by atoms with E-state index < -0.39 is 0 Å². The van der Waals surface area contributed by atoms with Gasteiger partial charge in [0, 0.05) is 6.42 Å². The minimum absolute atomic E-state index is 0.244. The molecule has 0 heterocycles. The average molecular weight is 183 g/mol. The first-order chi connectivity index (χ1) is 5.59. The van der Waals surface area contributed by atoms with E-state index in [1.165, 1.54) is 12.1 Å². The molecule has 0 aliphatic carbocycles. The van der Waals surface area contributed by atoms with Crippen LogP contribution in [0.5, 0.6) is 0 Å². The Labute approximate surface area is 76.4 Å². The topological polar surface area (TPSA) is 26.0 Å². The minimum Gasteiger partial charge on any atom is -0.393 e. The summed E-state index contributed by atoms with van der Waals surface area (Å²) in [6, 6.07) is 4.62. The van der Waals surface area contributed by atoms with Crippen LogP contribution in [0.25, 0.3) is 0 Å². The van der Waals surface area contributed by atoms with Crippen molar-refractivity contribution in [3.05, 3.63) is 35.1 Å². The van der Waals surface area contributed by atoms with E-state index in [2.05, 4.69) is 0 Å².